The Balaban J connectivity index is 4.25. The average Bonchev–Trinajstić information content (AvgIpc) is 3.34. The molecule has 0 heterocycles. The van der Waals surface area contributed by atoms with Gasteiger partial charge in [-0.1, -0.05) is 226 Å². The van der Waals surface area contributed by atoms with Gasteiger partial charge in [-0.15, -0.1) is 0 Å². The Morgan fingerprint density at radius 3 is 0.912 bits per heavy atom. The third-order valence-electron chi connectivity index (χ3n) is 11.5. The van der Waals surface area contributed by atoms with Crippen molar-refractivity contribution in [1.29, 1.82) is 0 Å². The van der Waals surface area contributed by atoms with Crippen molar-refractivity contribution in [1.82, 2.24) is 0 Å². The van der Waals surface area contributed by atoms with Gasteiger partial charge in [0, 0.05) is 19.3 Å². The lowest BCUT2D eigenvalue weighted by Crippen LogP contribution is -2.30. The molecule has 0 radical (unpaired) electrons. The fourth-order valence-electron chi connectivity index (χ4n) is 7.33. The topological polar surface area (TPSA) is 78.9 Å². The predicted molar refractivity (Wildman–Crippen MR) is 293 cm³/mol. The first-order valence-corrected chi connectivity index (χ1v) is 27.9. The van der Waals surface area contributed by atoms with Gasteiger partial charge >= 0.3 is 17.9 Å². The Bertz CT molecular complexity index is 1410. The summed E-state index contributed by atoms with van der Waals surface area (Å²) in [6.07, 6.45) is 75.3. The summed E-state index contributed by atoms with van der Waals surface area (Å²) in [6, 6.07) is 0. The molecule has 386 valence electrons. The Labute approximate surface area is 419 Å². The molecule has 6 nitrogen and oxygen atoms in total. The first-order chi connectivity index (χ1) is 33.5. The first-order valence-electron chi connectivity index (χ1n) is 27.9. The summed E-state index contributed by atoms with van der Waals surface area (Å²) in [5.41, 5.74) is 0. The molecule has 0 N–H and O–H groups in total. The summed E-state index contributed by atoms with van der Waals surface area (Å²) in [5, 5.41) is 0. The maximum atomic E-state index is 12.8. The smallest absolute Gasteiger partial charge is 0.306 e. The lowest BCUT2D eigenvalue weighted by Gasteiger charge is -2.18. The quantitative estimate of drug-likeness (QED) is 0.0262. The number of hydrogen-bond acceptors (Lipinski definition) is 6. The van der Waals surface area contributed by atoms with E-state index in [9.17, 15) is 14.4 Å². The molecule has 0 aliphatic carbocycles. The number of ether oxygens (including phenoxy) is 3. The zero-order valence-corrected chi connectivity index (χ0v) is 44.1. The highest BCUT2D eigenvalue weighted by molar-refractivity contribution is 5.71. The zero-order chi connectivity index (χ0) is 49.3. The third-order valence-corrected chi connectivity index (χ3v) is 11.5. The van der Waals surface area contributed by atoms with Gasteiger partial charge in [-0.2, -0.15) is 0 Å². The van der Waals surface area contributed by atoms with Crippen LogP contribution in [0.5, 0.6) is 0 Å². The van der Waals surface area contributed by atoms with Crippen LogP contribution >= 0.6 is 0 Å². The molecule has 0 amide bonds. The minimum atomic E-state index is -0.791. The first kappa shape index (κ1) is 64.1. The maximum absolute atomic E-state index is 12.8. The average molecular weight is 943 g/mol. The van der Waals surface area contributed by atoms with E-state index in [4.69, 9.17) is 14.2 Å². The van der Waals surface area contributed by atoms with Gasteiger partial charge in [0.1, 0.15) is 13.2 Å². The molecule has 6 heteroatoms. The molecule has 1 unspecified atom stereocenters. The van der Waals surface area contributed by atoms with Gasteiger partial charge in [-0.05, 0) is 109 Å². The summed E-state index contributed by atoms with van der Waals surface area (Å²) in [4.78, 5) is 37.8. The van der Waals surface area contributed by atoms with E-state index in [1.165, 1.54) is 70.6 Å². The Hall–Kier alpha value is -3.93. The van der Waals surface area contributed by atoms with Crippen LogP contribution in [-0.4, -0.2) is 37.2 Å². The van der Waals surface area contributed by atoms with E-state index in [1.54, 1.807) is 0 Å². The van der Waals surface area contributed by atoms with E-state index in [-0.39, 0.29) is 31.1 Å². The van der Waals surface area contributed by atoms with Crippen LogP contribution in [0.25, 0.3) is 0 Å². The molecule has 0 fully saturated rings. The minimum Gasteiger partial charge on any atom is -0.462 e. The highest BCUT2D eigenvalue weighted by Crippen LogP contribution is 2.13. The standard InChI is InChI=1S/C62H102O6/c1-4-7-10-13-16-18-20-22-24-25-26-27-28-29-30-31-32-33-34-35-36-37-38-40-41-43-46-49-52-55-61(64)67-58-59(57-66-60(63)54-51-48-45-15-12-9-6-3)68-62(65)56-53-50-47-44-42-39-23-21-19-17-14-11-8-5-2/h7,10,16,18,21-24,26-27,29-30,32-33,35-36,38,40,59H,4-6,8-9,11-15,17,19-20,25,28,31,34,37,39,41-58H2,1-3H3/b10-7-,18-16-,23-21-,24-22-,27-26-,30-29-,33-32-,36-35-,40-38-. The van der Waals surface area contributed by atoms with E-state index in [0.29, 0.717) is 19.3 Å². The number of unbranched alkanes of at least 4 members (excludes halogenated alkanes) is 20. The molecule has 0 spiro atoms. The van der Waals surface area contributed by atoms with Gasteiger partial charge in [0.25, 0.3) is 0 Å². The Morgan fingerprint density at radius 1 is 0.309 bits per heavy atom. The van der Waals surface area contributed by atoms with Gasteiger partial charge < -0.3 is 14.2 Å². The molecular formula is C62H102O6. The van der Waals surface area contributed by atoms with E-state index < -0.39 is 6.10 Å². The van der Waals surface area contributed by atoms with Crippen LogP contribution in [0.4, 0.5) is 0 Å². The van der Waals surface area contributed by atoms with Crippen molar-refractivity contribution in [3.8, 4) is 0 Å². The number of carbonyl (C=O) groups excluding carboxylic acids is 3. The van der Waals surface area contributed by atoms with Gasteiger partial charge in [-0.3, -0.25) is 14.4 Å². The molecule has 0 aromatic heterocycles. The molecular weight excluding hydrogens is 841 g/mol. The van der Waals surface area contributed by atoms with Gasteiger partial charge in [-0.25, -0.2) is 0 Å². The van der Waals surface area contributed by atoms with Crippen molar-refractivity contribution in [2.24, 2.45) is 0 Å². The second-order valence-corrected chi connectivity index (χ2v) is 18.1. The Morgan fingerprint density at radius 2 is 0.574 bits per heavy atom. The largest absolute Gasteiger partial charge is 0.462 e. The highest BCUT2D eigenvalue weighted by atomic mass is 16.6. The van der Waals surface area contributed by atoms with Crippen LogP contribution in [0.2, 0.25) is 0 Å². The number of hydrogen-bond donors (Lipinski definition) is 0. The van der Waals surface area contributed by atoms with Crippen molar-refractivity contribution in [2.45, 2.75) is 252 Å². The van der Waals surface area contributed by atoms with Gasteiger partial charge in [0.05, 0.1) is 0 Å². The van der Waals surface area contributed by atoms with Crippen LogP contribution in [-0.2, 0) is 28.6 Å². The van der Waals surface area contributed by atoms with Gasteiger partial charge in [0.2, 0.25) is 0 Å². The fourth-order valence-corrected chi connectivity index (χ4v) is 7.33. The fraction of sp³-hybridized carbons (Fsp3) is 0.661. The molecule has 68 heavy (non-hydrogen) atoms. The van der Waals surface area contributed by atoms with Crippen LogP contribution in [0.1, 0.15) is 245 Å². The molecule has 0 rings (SSSR count). The van der Waals surface area contributed by atoms with Crippen LogP contribution < -0.4 is 0 Å². The summed E-state index contributed by atoms with van der Waals surface area (Å²) in [7, 11) is 0. The number of rotatable bonds is 49. The van der Waals surface area contributed by atoms with E-state index >= 15 is 0 Å². The SMILES string of the molecule is CC/C=C\C/C=C\C/C=C\C/C=C\C/C=C\C/C=C\C/C=C\C/C=C\CCCCCCC(=O)OCC(COC(=O)CCCCCCCCC)OC(=O)CCCCCCC/C=C\CCCCCCC. The van der Waals surface area contributed by atoms with Crippen molar-refractivity contribution in [2.75, 3.05) is 13.2 Å². The molecule has 0 bridgehead atoms. The zero-order valence-electron chi connectivity index (χ0n) is 44.1. The number of esters is 3. The second kappa shape index (κ2) is 55.7. The highest BCUT2D eigenvalue weighted by Gasteiger charge is 2.19. The second-order valence-electron chi connectivity index (χ2n) is 18.1. The predicted octanol–water partition coefficient (Wildman–Crippen LogP) is 18.7. The summed E-state index contributed by atoms with van der Waals surface area (Å²) in [5.74, 6) is -0.934. The summed E-state index contributed by atoms with van der Waals surface area (Å²) < 4.78 is 16.7. The Kier molecular flexibility index (Phi) is 52.4. The molecule has 1 atom stereocenters. The van der Waals surface area contributed by atoms with Crippen molar-refractivity contribution in [3.05, 3.63) is 109 Å². The van der Waals surface area contributed by atoms with Gasteiger partial charge in [0.15, 0.2) is 6.10 Å². The van der Waals surface area contributed by atoms with Crippen molar-refractivity contribution >= 4 is 17.9 Å². The van der Waals surface area contributed by atoms with E-state index in [1.807, 2.05) is 0 Å². The lowest BCUT2D eigenvalue weighted by molar-refractivity contribution is -0.167. The van der Waals surface area contributed by atoms with Crippen LogP contribution in [0, 0.1) is 0 Å². The molecule has 0 aromatic carbocycles. The van der Waals surface area contributed by atoms with Crippen LogP contribution in [0.3, 0.4) is 0 Å². The number of carbonyl (C=O) groups is 3. The molecule has 0 aliphatic heterocycles. The third kappa shape index (κ3) is 53.0. The normalized spacial score (nSPS) is 12.9. The monoisotopic (exact) mass is 943 g/mol. The van der Waals surface area contributed by atoms with Crippen LogP contribution in [0.15, 0.2) is 109 Å². The van der Waals surface area contributed by atoms with Crippen molar-refractivity contribution in [3.63, 3.8) is 0 Å². The van der Waals surface area contributed by atoms with E-state index in [2.05, 4.69) is 130 Å². The molecule has 0 saturated heterocycles. The molecule has 0 aromatic rings. The number of allylic oxidation sites excluding steroid dienone is 18. The lowest BCUT2D eigenvalue weighted by atomic mass is 10.1. The summed E-state index contributed by atoms with van der Waals surface area (Å²) in [6.45, 7) is 6.43. The minimum absolute atomic E-state index is 0.0899. The van der Waals surface area contributed by atoms with E-state index in [0.717, 1.165) is 135 Å². The maximum Gasteiger partial charge on any atom is 0.306 e. The molecule has 0 aliphatic rings. The molecule has 0 saturated carbocycles. The van der Waals surface area contributed by atoms with Crippen molar-refractivity contribution < 1.29 is 28.6 Å². The summed E-state index contributed by atoms with van der Waals surface area (Å²) >= 11 is 0.